The van der Waals surface area contributed by atoms with E-state index in [0.717, 1.165) is 43.8 Å². The highest BCUT2D eigenvalue weighted by Crippen LogP contribution is 2.41. The second-order valence-corrected chi connectivity index (χ2v) is 7.34. The molecule has 1 aliphatic carbocycles. The first kappa shape index (κ1) is 21.3. The second kappa shape index (κ2) is 8.95. The maximum absolute atomic E-state index is 14.1. The fourth-order valence-corrected chi connectivity index (χ4v) is 3.62. The van der Waals surface area contributed by atoms with E-state index < -0.39 is 17.7 Å². The van der Waals surface area contributed by atoms with Crippen molar-refractivity contribution in [2.75, 3.05) is 6.61 Å². The molecule has 0 aromatic carbocycles. The summed E-state index contributed by atoms with van der Waals surface area (Å²) in [6, 6.07) is 3.27. The van der Waals surface area contributed by atoms with Crippen molar-refractivity contribution in [2.24, 2.45) is 0 Å². The van der Waals surface area contributed by atoms with E-state index in [1.807, 2.05) is 6.08 Å². The molecule has 1 aliphatic heterocycles. The van der Waals surface area contributed by atoms with Crippen LogP contribution < -0.4 is 5.32 Å². The summed E-state index contributed by atoms with van der Waals surface area (Å²) in [6.07, 6.45) is 7.62. The molecule has 2 aliphatic rings. The molecular weight excluding hydrogens is 381 g/mol. The van der Waals surface area contributed by atoms with Crippen molar-refractivity contribution >= 4 is 5.91 Å². The third kappa shape index (κ3) is 4.78. The van der Waals surface area contributed by atoms with Crippen molar-refractivity contribution in [1.82, 2.24) is 10.3 Å². The lowest BCUT2D eigenvalue weighted by molar-refractivity contribution is -0.249. The van der Waals surface area contributed by atoms with Gasteiger partial charge < -0.3 is 10.1 Å². The van der Waals surface area contributed by atoms with E-state index in [-0.39, 0.29) is 13.2 Å². The predicted octanol–water partition coefficient (Wildman–Crippen LogP) is 4.79. The maximum Gasteiger partial charge on any atom is 0.430 e. The van der Waals surface area contributed by atoms with E-state index in [4.69, 9.17) is 4.74 Å². The van der Waals surface area contributed by atoms with Crippen LogP contribution >= 0.6 is 0 Å². The zero-order valence-corrected chi connectivity index (χ0v) is 16.4. The Morgan fingerprint density at radius 3 is 2.55 bits per heavy atom. The Kier molecular flexibility index (Phi) is 6.57. The molecule has 1 unspecified atom stereocenters. The van der Waals surface area contributed by atoms with Crippen LogP contribution in [-0.4, -0.2) is 29.3 Å². The van der Waals surface area contributed by atoms with Crippen molar-refractivity contribution in [1.29, 1.82) is 0 Å². The standard InChI is InChI=1S/C22H25F3N2O2/c1-2-18-15-29-21(22(23,24)25,13-19(18)12-16-6-4-3-5-7-16)20(28)27-14-17-8-10-26-11-9-17/h2,8-13H,3-7,14-15H2,1H3,(H,27,28). The van der Waals surface area contributed by atoms with Crippen LogP contribution in [0.5, 0.6) is 0 Å². The molecule has 156 valence electrons. The van der Waals surface area contributed by atoms with Gasteiger partial charge >= 0.3 is 6.18 Å². The summed E-state index contributed by atoms with van der Waals surface area (Å²) in [7, 11) is 0. The van der Waals surface area contributed by atoms with Gasteiger partial charge in [0.1, 0.15) is 0 Å². The fraction of sp³-hybridized carbons (Fsp3) is 0.455. The Hall–Kier alpha value is -2.41. The first-order valence-electron chi connectivity index (χ1n) is 9.81. The van der Waals surface area contributed by atoms with Crippen molar-refractivity contribution in [2.45, 2.75) is 57.3 Å². The van der Waals surface area contributed by atoms with Gasteiger partial charge in [0.2, 0.25) is 0 Å². The highest BCUT2D eigenvalue weighted by atomic mass is 19.4. The monoisotopic (exact) mass is 406 g/mol. The molecule has 0 radical (unpaired) electrons. The minimum absolute atomic E-state index is 0.0384. The summed E-state index contributed by atoms with van der Waals surface area (Å²) in [6.45, 7) is 1.45. The molecule has 7 heteroatoms. The molecule has 0 saturated heterocycles. The number of aromatic nitrogens is 1. The molecule has 29 heavy (non-hydrogen) atoms. The topological polar surface area (TPSA) is 51.2 Å². The number of pyridine rings is 1. The van der Waals surface area contributed by atoms with Crippen molar-refractivity contribution in [3.05, 3.63) is 65.0 Å². The minimum Gasteiger partial charge on any atom is -0.349 e. The molecule has 1 saturated carbocycles. The van der Waals surface area contributed by atoms with E-state index in [0.29, 0.717) is 16.7 Å². The van der Waals surface area contributed by atoms with Crippen LogP contribution in [0.1, 0.15) is 44.6 Å². The smallest absolute Gasteiger partial charge is 0.349 e. The second-order valence-electron chi connectivity index (χ2n) is 7.34. The number of nitrogens with one attached hydrogen (secondary N) is 1. The number of alkyl halides is 3. The lowest BCUT2D eigenvalue weighted by Gasteiger charge is -2.36. The van der Waals surface area contributed by atoms with Gasteiger partial charge in [-0.2, -0.15) is 13.2 Å². The third-order valence-corrected chi connectivity index (χ3v) is 5.35. The molecule has 1 aromatic rings. The number of carbonyl (C=O) groups excluding carboxylic acids is 1. The number of ether oxygens (including phenoxy) is 1. The van der Waals surface area contributed by atoms with Crippen LogP contribution in [-0.2, 0) is 16.1 Å². The molecular formula is C22H25F3N2O2. The Morgan fingerprint density at radius 1 is 1.24 bits per heavy atom. The van der Waals surface area contributed by atoms with Crippen LogP contribution in [0, 0.1) is 0 Å². The Bertz CT molecular complexity index is 820. The number of allylic oxidation sites excluding steroid dienone is 3. The van der Waals surface area contributed by atoms with E-state index >= 15 is 0 Å². The number of hydrogen-bond donors (Lipinski definition) is 1. The number of halogens is 3. The summed E-state index contributed by atoms with van der Waals surface area (Å²) in [5.74, 6) is -1.21. The number of nitrogens with zero attached hydrogens (tertiary/aromatic N) is 1. The van der Waals surface area contributed by atoms with E-state index in [1.165, 1.54) is 12.4 Å². The summed E-state index contributed by atoms with van der Waals surface area (Å²) >= 11 is 0. The van der Waals surface area contributed by atoms with Gasteiger partial charge in [-0.15, -0.1) is 0 Å². The summed E-state index contributed by atoms with van der Waals surface area (Å²) < 4.78 is 47.4. The zero-order valence-electron chi connectivity index (χ0n) is 16.4. The zero-order chi connectivity index (χ0) is 20.9. The van der Waals surface area contributed by atoms with Crippen LogP contribution in [0.15, 0.2) is 59.5 Å². The molecule has 3 rings (SSSR count). The summed E-state index contributed by atoms with van der Waals surface area (Å²) in [5.41, 5.74) is -0.147. The van der Waals surface area contributed by atoms with Gasteiger partial charge in [0.15, 0.2) is 0 Å². The maximum atomic E-state index is 14.1. The number of amides is 1. The Labute approximate surface area is 168 Å². The van der Waals surface area contributed by atoms with Crippen molar-refractivity contribution < 1.29 is 22.7 Å². The van der Waals surface area contributed by atoms with E-state index in [2.05, 4.69) is 10.3 Å². The highest BCUT2D eigenvalue weighted by molar-refractivity contribution is 5.89. The van der Waals surface area contributed by atoms with Crippen LogP contribution in [0.3, 0.4) is 0 Å². The van der Waals surface area contributed by atoms with Crippen molar-refractivity contribution in [3.8, 4) is 0 Å². The van der Waals surface area contributed by atoms with Gasteiger partial charge in [0.05, 0.1) is 6.61 Å². The summed E-state index contributed by atoms with van der Waals surface area (Å²) in [5, 5.41) is 2.38. The van der Waals surface area contributed by atoms with Gasteiger partial charge in [0.25, 0.3) is 11.5 Å². The van der Waals surface area contributed by atoms with Gasteiger partial charge in [-0.05, 0) is 67.5 Å². The molecule has 1 atom stereocenters. The Balaban J connectivity index is 1.93. The Morgan fingerprint density at radius 2 is 1.93 bits per heavy atom. The van der Waals surface area contributed by atoms with Crippen LogP contribution in [0.4, 0.5) is 13.2 Å². The van der Waals surface area contributed by atoms with Gasteiger partial charge in [-0.3, -0.25) is 9.78 Å². The summed E-state index contributed by atoms with van der Waals surface area (Å²) in [4.78, 5) is 16.6. The molecule has 1 N–H and O–H groups in total. The largest absolute Gasteiger partial charge is 0.430 e. The SMILES string of the molecule is CC=C1COC(C(=O)NCc2ccncc2)(C(F)(F)F)C=C1C=C1CCCCC1. The predicted molar refractivity (Wildman–Crippen MR) is 104 cm³/mol. The van der Waals surface area contributed by atoms with Crippen LogP contribution in [0.25, 0.3) is 0 Å². The first-order valence-corrected chi connectivity index (χ1v) is 9.81. The normalized spacial score (nSPS) is 24.2. The fourth-order valence-electron chi connectivity index (χ4n) is 3.62. The molecule has 1 fully saturated rings. The molecule has 4 nitrogen and oxygen atoms in total. The van der Waals surface area contributed by atoms with E-state index in [1.54, 1.807) is 25.1 Å². The van der Waals surface area contributed by atoms with Crippen molar-refractivity contribution in [3.63, 3.8) is 0 Å². The average molecular weight is 406 g/mol. The first-order chi connectivity index (χ1) is 13.9. The number of carbonyl (C=O) groups is 1. The van der Waals surface area contributed by atoms with Gasteiger partial charge in [-0.1, -0.05) is 24.1 Å². The highest BCUT2D eigenvalue weighted by Gasteiger charge is 2.61. The quantitative estimate of drug-likeness (QED) is 0.782. The number of hydrogen-bond acceptors (Lipinski definition) is 3. The molecule has 0 spiro atoms. The number of rotatable bonds is 4. The van der Waals surface area contributed by atoms with Crippen LogP contribution in [0.2, 0.25) is 0 Å². The third-order valence-electron chi connectivity index (χ3n) is 5.35. The molecule has 0 bridgehead atoms. The van der Waals surface area contributed by atoms with Gasteiger partial charge in [-0.25, -0.2) is 0 Å². The molecule has 1 amide bonds. The molecule has 1 aromatic heterocycles. The molecule has 2 heterocycles. The lowest BCUT2D eigenvalue weighted by atomic mass is 9.87. The van der Waals surface area contributed by atoms with E-state index in [9.17, 15) is 18.0 Å². The average Bonchev–Trinajstić information content (AvgIpc) is 2.72. The minimum atomic E-state index is -4.88. The lowest BCUT2D eigenvalue weighted by Crippen LogP contribution is -2.59. The van der Waals surface area contributed by atoms with Gasteiger partial charge in [0, 0.05) is 18.9 Å².